The molecule has 0 bridgehead atoms. The van der Waals surface area contributed by atoms with Crippen LogP contribution >= 0.6 is 0 Å². The fourth-order valence-corrected chi connectivity index (χ4v) is 1.77. The Morgan fingerprint density at radius 2 is 1.80 bits per heavy atom. The molecule has 0 aliphatic carbocycles. The zero-order valence-corrected chi connectivity index (χ0v) is 12.1. The average molecular weight is 288 g/mol. The number of carbonyl (C=O) groups is 1. The second kappa shape index (κ2) is 5.81. The van der Waals surface area contributed by atoms with Crippen molar-refractivity contribution in [1.29, 1.82) is 0 Å². The van der Waals surface area contributed by atoms with Crippen LogP contribution < -0.4 is 0 Å². The number of carbonyl (C=O) groups excluding carboxylic acids is 1. The molecule has 0 saturated carbocycles. The molecule has 6 heteroatoms. The van der Waals surface area contributed by atoms with E-state index in [1.165, 1.54) is 12.3 Å². The number of alkyl halides is 3. The SMILES string of the molecule is Cc1ccc(C(=O)N(CC(C)(C)C)CC(F)(F)F)cn1. The van der Waals surface area contributed by atoms with Crippen LogP contribution in [-0.4, -0.2) is 35.1 Å². The van der Waals surface area contributed by atoms with Gasteiger partial charge in [-0.1, -0.05) is 20.8 Å². The van der Waals surface area contributed by atoms with E-state index in [1.807, 2.05) is 0 Å². The Bertz CT molecular complexity index is 445. The Kier molecular flexibility index (Phi) is 4.78. The molecular weight excluding hydrogens is 269 g/mol. The third-order valence-electron chi connectivity index (χ3n) is 2.48. The maximum atomic E-state index is 12.6. The van der Waals surface area contributed by atoms with Gasteiger partial charge in [0.2, 0.25) is 0 Å². The summed E-state index contributed by atoms with van der Waals surface area (Å²) in [5.41, 5.74) is 0.461. The highest BCUT2D eigenvalue weighted by Gasteiger charge is 2.35. The predicted octanol–water partition coefficient (Wildman–Crippen LogP) is 3.44. The van der Waals surface area contributed by atoms with Crippen LogP contribution in [0.5, 0.6) is 0 Å². The summed E-state index contributed by atoms with van der Waals surface area (Å²) in [6.45, 7) is 5.89. The largest absolute Gasteiger partial charge is 0.406 e. The van der Waals surface area contributed by atoms with Gasteiger partial charge in [-0.25, -0.2) is 0 Å². The van der Waals surface area contributed by atoms with Gasteiger partial charge in [0.1, 0.15) is 6.54 Å². The predicted molar refractivity (Wildman–Crippen MR) is 70.4 cm³/mol. The number of rotatable bonds is 3. The summed E-state index contributed by atoms with van der Waals surface area (Å²) in [5, 5.41) is 0. The molecule has 1 aromatic heterocycles. The van der Waals surface area contributed by atoms with Crippen LogP contribution in [0.3, 0.4) is 0 Å². The molecule has 112 valence electrons. The third kappa shape index (κ3) is 5.59. The zero-order valence-electron chi connectivity index (χ0n) is 12.1. The summed E-state index contributed by atoms with van der Waals surface area (Å²) in [5.74, 6) is -0.648. The molecule has 0 unspecified atom stereocenters. The number of halogens is 3. The molecule has 1 heterocycles. The summed E-state index contributed by atoms with van der Waals surface area (Å²) in [7, 11) is 0. The minimum absolute atomic E-state index is 0.0270. The molecule has 3 nitrogen and oxygen atoms in total. The van der Waals surface area contributed by atoms with Crippen LogP contribution in [0.25, 0.3) is 0 Å². The number of aromatic nitrogens is 1. The number of hydrogen-bond acceptors (Lipinski definition) is 2. The van der Waals surface area contributed by atoms with Gasteiger partial charge in [-0.2, -0.15) is 13.2 Å². The van der Waals surface area contributed by atoms with Crippen molar-refractivity contribution >= 4 is 5.91 Å². The summed E-state index contributed by atoms with van der Waals surface area (Å²) in [4.78, 5) is 17.0. The highest BCUT2D eigenvalue weighted by molar-refractivity contribution is 5.94. The second-order valence-electron chi connectivity index (χ2n) is 6.03. The quantitative estimate of drug-likeness (QED) is 0.853. The number of hydrogen-bond donors (Lipinski definition) is 0. The number of pyridine rings is 1. The lowest BCUT2D eigenvalue weighted by atomic mass is 9.95. The number of amides is 1. The van der Waals surface area contributed by atoms with E-state index < -0.39 is 24.0 Å². The van der Waals surface area contributed by atoms with E-state index in [-0.39, 0.29) is 12.1 Å². The normalized spacial score (nSPS) is 12.3. The highest BCUT2D eigenvalue weighted by atomic mass is 19.4. The van der Waals surface area contributed by atoms with Crippen LogP contribution in [0.1, 0.15) is 36.8 Å². The lowest BCUT2D eigenvalue weighted by Crippen LogP contribution is -2.43. The van der Waals surface area contributed by atoms with Crippen LogP contribution in [0.15, 0.2) is 18.3 Å². The Morgan fingerprint density at radius 1 is 1.20 bits per heavy atom. The van der Waals surface area contributed by atoms with E-state index in [1.54, 1.807) is 33.8 Å². The maximum absolute atomic E-state index is 12.6. The van der Waals surface area contributed by atoms with Crippen molar-refractivity contribution in [2.24, 2.45) is 5.41 Å². The monoisotopic (exact) mass is 288 g/mol. The molecule has 0 aromatic carbocycles. The Morgan fingerprint density at radius 3 is 2.20 bits per heavy atom. The first-order chi connectivity index (χ1) is 8.98. The summed E-state index contributed by atoms with van der Waals surface area (Å²) in [6.07, 6.45) is -3.11. The van der Waals surface area contributed by atoms with Crippen molar-refractivity contribution in [3.05, 3.63) is 29.6 Å². The van der Waals surface area contributed by atoms with Gasteiger partial charge in [0.25, 0.3) is 5.91 Å². The molecule has 1 rings (SSSR count). The van der Waals surface area contributed by atoms with Crippen LogP contribution in [-0.2, 0) is 0 Å². The molecular formula is C14H19F3N2O. The lowest BCUT2D eigenvalue weighted by Gasteiger charge is -2.30. The smallest absolute Gasteiger partial charge is 0.329 e. The van der Waals surface area contributed by atoms with Crippen LogP contribution in [0.4, 0.5) is 13.2 Å². The Hall–Kier alpha value is -1.59. The summed E-state index contributed by atoms with van der Waals surface area (Å²) < 4.78 is 37.8. The van der Waals surface area contributed by atoms with Gasteiger partial charge in [-0.05, 0) is 24.5 Å². The van der Waals surface area contributed by atoms with E-state index in [0.717, 1.165) is 4.90 Å². The first-order valence-corrected chi connectivity index (χ1v) is 6.27. The van der Waals surface area contributed by atoms with E-state index >= 15 is 0 Å². The minimum Gasteiger partial charge on any atom is -0.329 e. The van der Waals surface area contributed by atoms with Gasteiger partial charge >= 0.3 is 6.18 Å². The topological polar surface area (TPSA) is 33.2 Å². The van der Waals surface area contributed by atoms with Gasteiger partial charge in [0, 0.05) is 18.4 Å². The fraction of sp³-hybridized carbons (Fsp3) is 0.571. The van der Waals surface area contributed by atoms with Crippen molar-refractivity contribution in [3.63, 3.8) is 0 Å². The molecule has 20 heavy (non-hydrogen) atoms. The minimum atomic E-state index is -4.42. The first-order valence-electron chi connectivity index (χ1n) is 6.27. The second-order valence-corrected chi connectivity index (χ2v) is 6.03. The maximum Gasteiger partial charge on any atom is 0.406 e. The van der Waals surface area contributed by atoms with Crippen molar-refractivity contribution < 1.29 is 18.0 Å². The van der Waals surface area contributed by atoms with Gasteiger partial charge < -0.3 is 4.90 Å². The van der Waals surface area contributed by atoms with Gasteiger partial charge in [-0.15, -0.1) is 0 Å². The molecule has 0 fully saturated rings. The molecule has 0 aliphatic rings. The molecule has 0 N–H and O–H groups in total. The number of aryl methyl sites for hydroxylation is 1. The third-order valence-corrected chi connectivity index (χ3v) is 2.48. The van der Waals surface area contributed by atoms with E-state index in [0.29, 0.717) is 5.69 Å². The summed E-state index contributed by atoms with van der Waals surface area (Å²) in [6, 6.07) is 3.10. The highest BCUT2D eigenvalue weighted by Crippen LogP contribution is 2.22. The Balaban J connectivity index is 2.97. The molecule has 1 amide bonds. The van der Waals surface area contributed by atoms with Crippen molar-refractivity contribution in [2.45, 2.75) is 33.9 Å². The average Bonchev–Trinajstić information content (AvgIpc) is 2.24. The molecule has 0 saturated heterocycles. The van der Waals surface area contributed by atoms with Crippen molar-refractivity contribution in [3.8, 4) is 0 Å². The first kappa shape index (κ1) is 16.5. The molecule has 0 radical (unpaired) electrons. The van der Waals surface area contributed by atoms with Crippen LogP contribution in [0.2, 0.25) is 0 Å². The lowest BCUT2D eigenvalue weighted by molar-refractivity contribution is -0.142. The molecule has 0 atom stereocenters. The fourth-order valence-electron chi connectivity index (χ4n) is 1.77. The van der Waals surface area contributed by atoms with Crippen molar-refractivity contribution in [1.82, 2.24) is 9.88 Å². The Labute approximate surface area is 116 Å². The van der Waals surface area contributed by atoms with Gasteiger partial charge in [0.05, 0.1) is 5.56 Å². The number of nitrogens with zero attached hydrogens (tertiary/aromatic N) is 2. The molecule has 0 spiro atoms. The van der Waals surface area contributed by atoms with Crippen molar-refractivity contribution in [2.75, 3.05) is 13.1 Å². The zero-order chi connectivity index (χ0) is 15.6. The van der Waals surface area contributed by atoms with E-state index in [4.69, 9.17) is 0 Å². The van der Waals surface area contributed by atoms with Gasteiger partial charge in [0.15, 0.2) is 0 Å². The summed E-state index contributed by atoms with van der Waals surface area (Å²) >= 11 is 0. The standard InChI is InChI=1S/C14H19F3N2O/c1-10-5-6-11(7-18-10)12(20)19(8-13(2,3)4)9-14(15,16)17/h5-7H,8-9H2,1-4H3. The van der Waals surface area contributed by atoms with E-state index in [9.17, 15) is 18.0 Å². The molecule has 0 aliphatic heterocycles. The van der Waals surface area contributed by atoms with Crippen LogP contribution in [0, 0.1) is 12.3 Å². The van der Waals surface area contributed by atoms with Gasteiger partial charge in [-0.3, -0.25) is 9.78 Å². The molecule has 1 aromatic rings. The van der Waals surface area contributed by atoms with E-state index in [2.05, 4.69) is 4.98 Å².